The van der Waals surface area contributed by atoms with Gasteiger partial charge < -0.3 is 19.1 Å². The smallest absolute Gasteiger partial charge is 0.374 e. The van der Waals surface area contributed by atoms with Gasteiger partial charge in [0.1, 0.15) is 5.60 Å². The summed E-state index contributed by atoms with van der Waals surface area (Å²) in [5.41, 5.74) is 1.53. The molecule has 0 fully saturated rings. The van der Waals surface area contributed by atoms with Crippen LogP contribution in [0.5, 0.6) is 0 Å². The molecule has 0 aromatic heterocycles. The van der Waals surface area contributed by atoms with Gasteiger partial charge in [0.25, 0.3) is 0 Å². The standard InChI is InChI=1S/C17H22O6S/c1-10(2)22-15-14(17(3,4)23-16(15)19)11-5-6-12(9-24(20)21)13(7-11)8-18/h5-7,10,18H,8-9H2,1-4H3,(H,20,21). The van der Waals surface area contributed by atoms with Crippen LogP contribution in [0.3, 0.4) is 0 Å². The van der Waals surface area contributed by atoms with Crippen molar-refractivity contribution >= 4 is 22.6 Å². The van der Waals surface area contributed by atoms with E-state index in [1.807, 2.05) is 13.8 Å². The van der Waals surface area contributed by atoms with Crippen LogP contribution in [-0.4, -0.2) is 31.5 Å². The van der Waals surface area contributed by atoms with Gasteiger partial charge in [-0.2, -0.15) is 0 Å². The number of hydrogen-bond donors (Lipinski definition) is 2. The van der Waals surface area contributed by atoms with Gasteiger partial charge in [-0.05, 0) is 50.5 Å². The van der Waals surface area contributed by atoms with E-state index in [9.17, 15) is 14.1 Å². The van der Waals surface area contributed by atoms with Gasteiger partial charge in [0, 0.05) is 0 Å². The maximum absolute atomic E-state index is 12.1. The van der Waals surface area contributed by atoms with E-state index in [0.29, 0.717) is 22.3 Å². The van der Waals surface area contributed by atoms with E-state index in [-0.39, 0.29) is 24.2 Å². The number of carbonyl (C=O) groups is 1. The summed E-state index contributed by atoms with van der Waals surface area (Å²) in [5, 5.41) is 9.57. The number of ether oxygens (including phenoxy) is 2. The van der Waals surface area contributed by atoms with Crippen molar-refractivity contribution in [2.75, 3.05) is 0 Å². The van der Waals surface area contributed by atoms with Crippen LogP contribution in [0, 0.1) is 0 Å². The van der Waals surface area contributed by atoms with E-state index >= 15 is 0 Å². The first kappa shape index (κ1) is 18.6. The Morgan fingerprint density at radius 1 is 1.29 bits per heavy atom. The Bertz CT molecular complexity index is 705. The molecule has 1 heterocycles. The molecule has 2 N–H and O–H groups in total. The second-order valence-corrected chi connectivity index (χ2v) is 7.31. The van der Waals surface area contributed by atoms with Crippen molar-refractivity contribution in [1.29, 1.82) is 0 Å². The largest absolute Gasteiger partial charge is 0.484 e. The van der Waals surface area contributed by atoms with Crippen LogP contribution in [0.25, 0.3) is 5.57 Å². The van der Waals surface area contributed by atoms with Gasteiger partial charge >= 0.3 is 5.97 Å². The van der Waals surface area contributed by atoms with E-state index in [2.05, 4.69) is 0 Å². The Balaban J connectivity index is 2.56. The Morgan fingerprint density at radius 3 is 2.50 bits per heavy atom. The number of rotatable bonds is 6. The molecule has 1 aromatic carbocycles. The maximum atomic E-state index is 12.1. The topological polar surface area (TPSA) is 93.1 Å². The lowest BCUT2D eigenvalue weighted by molar-refractivity contribution is -0.147. The molecule has 132 valence electrons. The van der Waals surface area contributed by atoms with Gasteiger partial charge in [-0.3, -0.25) is 0 Å². The van der Waals surface area contributed by atoms with Crippen LogP contribution in [-0.2, 0) is 37.7 Å². The normalized spacial score (nSPS) is 18.0. The molecule has 1 atom stereocenters. The van der Waals surface area contributed by atoms with Gasteiger partial charge in [-0.1, -0.05) is 12.1 Å². The van der Waals surface area contributed by atoms with E-state index in [1.165, 1.54) is 0 Å². The summed E-state index contributed by atoms with van der Waals surface area (Å²) in [4.78, 5) is 12.1. The monoisotopic (exact) mass is 354 g/mol. The van der Waals surface area contributed by atoms with Crippen molar-refractivity contribution in [3.63, 3.8) is 0 Å². The van der Waals surface area contributed by atoms with Crippen LogP contribution in [0.4, 0.5) is 0 Å². The molecule has 0 spiro atoms. The third-order valence-electron chi connectivity index (χ3n) is 3.66. The minimum Gasteiger partial charge on any atom is -0.484 e. The fraction of sp³-hybridized carbons (Fsp3) is 0.471. The lowest BCUT2D eigenvalue weighted by atomic mass is 9.90. The SMILES string of the molecule is CC(C)OC1=C(c2ccc(CS(=O)O)c(CO)c2)C(C)(C)OC1=O. The number of carbonyl (C=O) groups excluding carboxylic acids is 1. The zero-order valence-corrected chi connectivity index (χ0v) is 15.0. The summed E-state index contributed by atoms with van der Waals surface area (Å²) in [6, 6.07) is 5.11. The highest BCUT2D eigenvalue weighted by atomic mass is 32.2. The average molecular weight is 354 g/mol. The molecule has 2 rings (SSSR count). The molecule has 6 nitrogen and oxygen atoms in total. The van der Waals surface area contributed by atoms with Crippen LogP contribution >= 0.6 is 0 Å². The van der Waals surface area contributed by atoms with E-state index in [4.69, 9.17) is 14.0 Å². The Kier molecular flexibility index (Phi) is 5.47. The maximum Gasteiger partial charge on any atom is 0.374 e. The van der Waals surface area contributed by atoms with Crippen molar-refractivity contribution in [1.82, 2.24) is 0 Å². The molecule has 0 saturated heterocycles. The Hall–Kier alpha value is -1.70. The summed E-state index contributed by atoms with van der Waals surface area (Å²) < 4.78 is 31.2. The number of hydrogen-bond acceptors (Lipinski definition) is 5. The van der Waals surface area contributed by atoms with Crippen molar-refractivity contribution in [2.45, 2.75) is 51.8 Å². The highest BCUT2D eigenvalue weighted by Gasteiger charge is 2.43. The number of cyclic esters (lactones) is 1. The highest BCUT2D eigenvalue weighted by Crippen LogP contribution is 2.40. The van der Waals surface area contributed by atoms with Crippen molar-refractivity contribution in [3.05, 3.63) is 40.6 Å². The van der Waals surface area contributed by atoms with Gasteiger partial charge in [-0.15, -0.1) is 0 Å². The van der Waals surface area contributed by atoms with Crippen LogP contribution in [0.15, 0.2) is 24.0 Å². The Morgan fingerprint density at radius 2 is 1.96 bits per heavy atom. The molecule has 0 saturated carbocycles. The zero-order valence-electron chi connectivity index (χ0n) is 14.2. The minimum atomic E-state index is -2.00. The fourth-order valence-corrected chi connectivity index (χ4v) is 3.28. The quantitative estimate of drug-likeness (QED) is 0.602. The molecule has 0 radical (unpaired) electrons. The first-order chi connectivity index (χ1) is 11.2. The lowest BCUT2D eigenvalue weighted by Crippen LogP contribution is -2.22. The fourth-order valence-electron chi connectivity index (χ4n) is 2.73. The van der Waals surface area contributed by atoms with Crippen molar-refractivity contribution in [2.24, 2.45) is 0 Å². The van der Waals surface area contributed by atoms with Gasteiger partial charge in [-0.25, -0.2) is 9.00 Å². The summed E-state index contributed by atoms with van der Waals surface area (Å²) in [5.74, 6) is -0.421. The number of esters is 1. The van der Waals surface area contributed by atoms with E-state index < -0.39 is 22.7 Å². The number of aliphatic hydroxyl groups is 1. The van der Waals surface area contributed by atoms with Gasteiger partial charge in [0.15, 0.2) is 11.1 Å². The number of benzene rings is 1. The first-order valence-corrected chi connectivity index (χ1v) is 8.88. The molecular formula is C17H22O6S. The first-order valence-electron chi connectivity index (χ1n) is 7.61. The molecule has 7 heteroatoms. The molecule has 0 bridgehead atoms. The minimum absolute atomic E-state index is 0.0661. The van der Waals surface area contributed by atoms with Crippen LogP contribution < -0.4 is 0 Å². The van der Waals surface area contributed by atoms with Gasteiger partial charge in [0.05, 0.1) is 24.0 Å². The van der Waals surface area contributed by atoms with Crippen LogP contribution in [0.2, 0.25) is 0 Å². The van der Waals surface area contributed by atoms with Gasteiger partial charge in [0.2, 0.25) is 5.76 Å². The molecule has 0 amide bonds. The average Bonchev–Trinajstić information content (AvgIpc) is 2.67. The highest BCUT2D eigenvalue weighted by molar-refractivity contribution is 7.78. The van der Waals surface area contributed by atoms with Crippen molar-refractivity contribution < 1.29 is 28.1 Å². The molecule has 0 aliphatic carbocycles. The molecule has 24 heavy (non-hydrogen) atoms. The number of aliphatic hydroxyl groups excluding tert-OH is 1. The van der Waals surface area contributed by atoms with E-state index in [1.54, 1.807) is 32.0 Å². The summed E-state index contributed by atoms with van der Waals surface area (Å²) in [6.45, 7) is 6.91. The molecule has 1 unspecified atom stereocenters. The molecule has 1 aliphatic rings. The summed E-state index contributed by atoms with van der Waals surface area (Å²) in [7, 11) is 0. The summed E-state index contributed by atoms with van der Waals surface area (Å²) >= 11 is -2.00. The molecule has 1 aromatic rings. The Labute approximate surface area is 143 Å². The summed E-state index contributed by atoms with van der Waals surface area (Å²) in [6.07, 6.45) is -0.190. The second kappa shape index (κ2) is 7.04. The van der Waals surface area contributed by atoms with E-state index in [0.717, 1.165) is 0 Å². The van der Waals surface area contributed by atoms with Crippen molar-refractivity contribution in [3.8, 4) is 0 Å². The predicted molar refractivity (Wildman–Crippen MR) is 90.2 cm³/mol. The van der Waals surface area contributed by atoms with Crippen LogP contribution in [0.1, 0.15) is 44.4 Å². The second-order valence-electron chi connectivity index (χ2n) is 6.38. The predicted octanol–water partition coefficient (Wildman–Crippen LogP) is 2.37. The third kappa shape index (κ3) is 3.85. The molecule has 1 aliphatic heterocycles. The zero-order chi connectivity index (χ0) is 18.1. The molecular weight excluding hydrogens is 332 g/mol. The lowest BCUT2D eigenvalue weighted by Gasteiger charge is -2.22. The third-order valence-corrected chi connectivity index (χ3v) is 4.22.